The van der Waals surface area contributed by atoms with Crippen LogP contribution in [0.1, 0.15) is 30.9 Å². The summed E-state index contributed by atoms with van der Waals surface area (Å²) >= 11 is 0. The average Bonchev–Trinajstić information content (AvgIpc) is 4.02. The normalized spacial score (nSPS) is 16.6. The summed E-state index contributed by atoms with van der Waals surface area (Å²) in [6, 6.07) is 64.4. The van der Waals surface area contributed by atoms with Crippen molar-refractivity contribution in [2.24, 2.45) is 5.92 Å². The van der Waals surface area contributed by atoms with Crippen molar-refractivity contribution in [1.82, 2.24) is 0 Å². The molecule has 0 spiro atoms. The largest absolute Gasteiger partial charge is 0.455 e. The van der Waals surface area contributed by atoms with Gasteiger partial charge in [-0.25, -0.2) is 0 Å². The molecule has 0 amide bonds. The van der Waals surface area contributed by atoms with Crippen molar-refractivity contribution in [3.05, 3.63) is 205 Å². The fourth-order valence-corrected chi connectivity index (χ4v) is 11.8. The molecule has 3 nitrogen and oxygen atoms in total. The fourth-order valence-electron chi connectivity index (χ4n) is 11.8. The molecule has 0 saturated heterocycles. The van der Waals surface area contributed by atoms with Gasteiger partial charge < -0.3 is 8.83 Å². The van der Waals surface area contributed by atoms with E-state index in [1.807, 2.05) is 6.08 Å². The zero-order valence-electron chi connectivity index (χ0n) is 35.8. The van der Waals surface area contributed by atoms with E-state index in [-0.39, 0.29) is 17.3 Å². The number of benzene rings is 10. The number of hydrogen-bond donors (Lipinski definition) is 0. The minimum Gasteiger partial charge on any atom is -0.455 e. The molecule has 65 heavy (non-hydrogen) atoms. The number of furan rings is 2. The number of nitriles is 1. The summed E-state index contributed by atoms with van der Waals surface area (Å²) in [5.41, 5.74) is 13.2. The Hall–Kier alpha value is -8.19. The highest BCUT2D eigenvalue weighted by atomic mass is 16.3. The molecule has 2 unspecified atom stereocenters. The molecule has 2 aliphatic rings. The second kappa shape index (κ2) is 13.2. The monoisotopic (exact) mass is 829 g/mol. The summed E-state index contributed by atoms with van der Waals surface area (Å²) in [5, 5.41) is 23.8. The Balaban J connectivity index is 1.09. The van der Waals surface area contributed by atoms with Crippen LogP contribution >= 0.6 is 0 Å². The molecule has 0 saturated carbocycles. The Bertz CT molecular complexity index is 3970. The van der Waals surface area contributed by atoms with E-state index in [0.29, 0.717) is 0 Å². The van der Waals surface area contributed by atoms with Gasteiger partial charge in [0.2, 0.25) is 0 Å². The van der Waals surface area contributed by atoms with E-state index < -0.39 is 0 Å². The zero-order chi connectivity index (χ0) is 43.1. The van der Waals surface area contributed by atoms with Gasteiger partial charge in [0.15, 0.2) is 0 Å². The predicted octanol–water partition coefficient (Wildman–Crippen LogP) is 17.1. The molecule has 2 aromatic heterocycles. The van der Waals surface area contributed by atoms with Crippen molar-refractivity contribution in [1.29, 1.82) is 5.26 Å². The van der Waals surface area contributed by atoms with Crippen LogP contribution in [0, 0.1) is 17.2 Å². The molecular formula is C62H39NO2. The van der Waals surface area contributed by atoms with Crippen molar-refractivity contribution >= 4 is 87.0 Å². The minimum absolute atomic E-state index is 0.174. The molecule has 2 aliphatic carbocycles. The van der Waals surface area contributed by atoms with Gasteiger partial charge in [-0.15, -0.1) is 0 Å². The van der Waals surface area contributed by atoms with Crippen LogP contribution in [0.3, 0.4) is 0 Å². The maximum absolute atomic E-state index is 9.87. The molecule has 12 aromatic rings. The molecule has 0 N–H and O–H groups in total. The highest BCUT2D eigenvalue weighted by molar-refractivity contribution is 6.30. The molecule has 10 aromatic carbocycles. The Kier molecular flexibility index (Phi) is 7.36. The van der Waals surface area contributed by atoms with Crippen LogP contribution in [-0.2, 0) is 5.41 Å². The van der Waals surface area contributed by atoms with Crippen LogP contribution in [0.25, 0.3) is 120 Å². The van der Waals surface area contributed by atoms with Crippen LogP contribution in [0.5, 0.6) is 0 Å². The molecule has 0 fully saturated rings. The predicted molar refractivity (Wildman–Crippen MR) is 269 cm³/mol. The molecule has 0 aliphatic heterocycles. The van der Waals surface area contributed by atoms with Crippen LogP contribution in [-0.4, -0.2) is 0 Å². The first kappa shape index (κ1) is 36.3. The number of fused-ring (bicyclic) bond motifs is 17. The number of hydrogen-bond acceptors (Lipinski definition) is 3. The maximum Gasteiger partial charge on any atom is 0.143 e. The summed E-state index contributed by atoms with van der Waals surface area (Å²) in [4.78, 5) is 0. The van der Waals surface area contributed by atoms with Gasteiger partial charge >= 0.3 is 0 Å². The van der Waals surface area contributed by atoms with Gasteiger partial charge in [-0.3, -0.25) is 0 Å². The van der Waals surface area contributed by atoms with Crippen LogP contribution in [0.15, 0.2) is 202 Å². The van der Waals surface area contributed by atoms with Gasteiger partial charge in [0.25, 0.3) is 0 Å². The van der Waals surface area contributed by atoms with Gasteiger partial charge in [-0.05, 0) is 136 Å². The molecule has 0 bridgehead atoms. The zero-order valence-corrected chi connectivity index (χ0v) is 35.8. The Morgan fingerprint density at radius 1 is 0.477 bits per heavy atom. The van der Waals surface area contributed by atoms with Gasteiger partial charge in [0, 0.05) is 44.2 Å². The second-order valence-electron chi connectivity index (χ2n) is 18.7. The smallest absolute Gasteiger partial charge is 0.143 e. The van der Waals surface area contributed by atoms with E-state index in [4.69, 9.17) is 8.83 Å². The van der Waals surface area contributed by atoms with E-state index in [1.165, 1.54) is 43.4 Å². The summed E-state index contributed by atoms with van der Waals surface area (Å²) < 4.78 is 14.1. The molecular weight excluding hydrogens is 791 g/mol. The lowest BCUT2D eigenvalue weighted by molar-refractivity contribution is 0.393. The third kappa shape index (κ3) is 5.11. The van der Waals surface area contributed by atoms with Crippen molar-refractivity contribution < 1.29 is 8.83 Å². The summed E-state index contributed by atoms with van der Waals surface area (Å²) in [6.45, 7) is 4.67. The third-order valence-electron chi connectivity index (χ3n) is 14.9. The quantitative estimate of drug-likeness (QED) is 0.178. The molecule has 3 heteroatoms. The SMILES string of the molecule is CC1(C)c2cc(-c3cc(-c4cc5ccccc5c5c4oc4ccc6ccccc6c45)cc(-c4cc5ccccc5c5c4oc4ccc6ccccc6c45)c3)ccc2C2C=CC(C#N)=CC21. The van der Waals surface area contributed by atoms with E-state index in [2.05, 4.69) is 202 Å². The number of rotatable bonds is 3. The maximum atomic E-state index is 9.87. The molecule has 2 atom stereocenters. The number of allylic oxidation sites excluding steroid dienone is 4. The first-order valence-corrected chi connectivity index (χ1v) is 22.5. The van der Waals surface area contributed by atoms with Crippen LogP contribution < -0.4 is 0 Å². The standard InChI is InChI=1S/C62H39NO2/c1-62(2)52-27-35(34-63)19-23-48(52)49-24-20-38(33-53(49)62)41-28-42(50-31-39-13-5-9-17-46(39)58-56-44-15-7-3-11-36(44)21-25-54(56)64-60(50)58)30-43(29-41)51-32-40-14-6-10-18-47(40)59-57-45-16-8-4-12-37(45)22-26-55(57)65-61(51)59/h3-33,48,52H,1-2H3. The molecule has 0 radical (unpaired) electrons. The topological polar surface area (TPSA) is 50.1 Å². The second-order valence-corrected chi connectivity index (χ2v) is 18.7. The fraction of sp³-hybridized carbons (Fsp3) is 0.0806. The van der Waals surface area contributed by atoms with E-state index >= 15 is 0 Å². The highest BCUT2D eigenvalue weighted by Gasteiger charge is 2.45. The summed E-state index contributed by atoms with van der Waals surface area (Å²) in [5.74, 6) is 0.442. The van der Waals surface area contributed by atoms with E-state index in [9.17, 15) is 5.26 Å². The third-order valence-corrected chi connectivity index (χ3v) is 14.9. The van der Waals surface area contributed by atoms with E-state index in [0.717, 1.165) is 93.6 Å². The number of nitrogens with zero attached hydrogens (tertiary/aromatic N) is 1. The Morgan fingerprint density at radius 2 is 0.969 bits per heavy atom. The van der Waals surface area contributed by atoms with Crippen LogP contribution in [0.4, 0.5) is 0 Å². The lowest BCUT2D eigenvalue weighted by Crippen LogP contribution is -2.25. The molecule has 14 rings (SSSR count). The summed E-state index contributed by atoms with van der Waals surface area (Å²) in [7, 11) is 0. The van der Waals surface area contributed by atoms with Crippen molar-refractivity contribution in [2.75, 3.05) is 0 Å². The summed E-state index contributed by atoms with van der Waals surface area (Å²) in [6.07, 6.45) is 6.41. The average molecular weight is 830 g/mol. The minimum atomic E-state index is -0.174. The van der Waals surface area contributed by atoms with E-state index in [1.54, 1.807) is 0 Å². The van der Waals surface area contributed by atoms with Crippen molar-refractivity contribution in [3.8, 4) is 39.4 Å². The van der Waals surface area contributed by atoms with Crippen molar-refractivity contribution in [2.45, 2.75) is 25.2 Å². The first-order chi connectivity index (χ1) is 31.9. The lowest BCUT2D eigenvalue weighted by atomic mass is 9.73. The highest BCUT2D eigenvalue weighted by Crippen LogP contribution is 2.55. The Morgan fingerprint density at radius 3 is 1.51 bits per heavy atom. The molecule has 2 heterocycles. The van der Waals surface area contributed by atoms with Crippen LogP contribution in [0.2, 0.25) is 0 Å². The molecule has 304 valence electrons. The lowest BCUT2D eigenvalue weighted by Gasteiger charge is -2.30. The van der Waals surface area contributed by atoms with Gasteiger partial charge in [-0.2, -0.15) is 5.26 Å². The first-order valence-electron chi connectivity index (χ1n) is 22.5. The van der Waals surface area contributed by atoms with Crippen molar-refractivity contribution in [3.63, 3.8) is 0 Å². The Labute approximate surface area is 374 Å². The van der Waals surface area contributed by atoms with Gasteiger partial charge in [-0.1, -0.05) is 153 Å². The van der Waals surface area contributed by atoms with Gasteiger partial charge in [0.1, 0.15) is 22.3 Å². The van der Waals surface area contributed by atoms with Gasteiger partial charge in [0.05, 0.1) is 6.07 Å².